The molecule has 0 aliphatic carbocycles. The summed E-state index contributed by atoms with van der Waals surface area (Å²) in [6, 6.07) is 26.2. The number of nitrogens with one attached hydrogen (secondary N) is 1. The van der Waals surface area contributed by atoms with Gasteiger partial charge in [-0.3, -0.25) is 4.79 Å². The predicted octanol–water partition coefficient (Wildman–Crippen LogP) is 5.46. The Morgan fingerprint density at radius 1 is 0.971 bits per heavy atom. The van der Waals surface area contributed by atoms with Gasteiger partial charge in [-0.25, -0.2) is 0 Å². The Bertz CT molecular complexity index is 1270. The number of benzene rings is 3. The molecule has 1 aliphatic rings. The number of hydrogen-bond acceptors (Lipinski definition) is 6. The van der Waals surface area contributed by atoms with E-state index in [0.29, 0.717) is 35.5 Å². The Labute approximate surface area is 202 Å². The third-order valence-corrected chi connectivity index (χ3v) is 8.60. The zero-order valence-electron chi connectivity index (χ0n) is 18.3. The molecule has 1 fully saturated rings. The van der Waals surface area contributed by atoms with Crippen molar-refractivity contribution in [3.63, 3.8) is 0 Å². The Kier molecular flexibility index (Phi) is 6.46. The van der Waals surface area contributed by atoms with Crippen LogP contribution in [0.1, 0.15) is 21.8 Å². The summed E-state index contributed by atoms with van der Waals surface area (Å²) in [4.78, 5) is 24.7. The summed E-state index contributed by atoms with van der Waals surface area (Å²) in [5.41, 5.74) is 9.70. The van der Waals surface area contributed by atoms with Gasteiger partial charge in [0.05, 0.1) is 24.6 Å². The monoisotopic (exact) mass is 491 g/mol. The van der Waals surface area contributed by atoms with Crippen molar-refractivity contribution >= 4 is 41.9 Å². The quantitative estimate of drug-likeness (QED) is 0.255. The molecule has 5 rings (SSSR count). The van der Waals surface area contributed by atoms with Gasteiger partial charge in [-0.05, 0) is 59.0 Å². The first-order valence-electron chi connectivity index (χ1n) is 10.8. The molecule has 0 spiro atoms. The molecule has 3 aromatic carbocycles. The highest BCUT2D eigenvalue weighted by molar-refractivity contribution is 7.68. The minimum Gasteiger partial charge on any atom is -0.397 e. The van der Waals surface area contributed by atoms with E-state index in [9.17, 15) is 9.69 Å². The van der Waals surface area contributed by atoms with Crippen LogP contribution in [0.25, 0.3) is 10.4 Å². The largest absolute Gasteiger partial charge is 0.397 e. The second-order valence-corrected chi connectivity index (χ2v) is 11.0. The number of anilines is 2. The summed E-state index contributed by atoms with van der Waals surface area (Å²) >= 11 is 1.63. The molecule has 0 atom stereocenters. The lowest BCUT2D eigenvalue weighted by molar-refractivity contribution is 0.102. The average molecular weight is 492 g/mol. The van der Waals surface area contributed by atoms with Gasteiger partial charge in [-0.2, -0.15) is 0 Å². The highest BCUT2D eigenvalue weighted by Crippen LogP contribution is 2.59. The van der Waals surface area contributed by atoms with Crippen LogP contribution in [0, 0.1) is 0 Å². The van der Waals surface area contributed by atoms with E-state index in [-0.39, 0.29) is 11.8 Å². The van der Waals surface area contributed by atoms with Crippen molar-refractivity contribution in [1.29, 1.82) is 0 Å². The van der Waals surface area contributed by atoms with Crippen molar-refractivity contribution in [2.45, 2.75) is 5.92 Å². The first kappa shape index (κ1) is 22.7. The fraction of sp³-hybridized carbons (Fsp3) is 0.115. The van der Waals surface area contributed by atoms with Gasteiger partial charge in [0.15, 0.2) is 0 Å². The van der Waals surface area contributed by atoms with Crippen LogP contribution in [-0.4, -0.2) is 24.0 Å². The maximum Gasteiger partial charge on any atom is 0.262 e. The van der Waals surface area contributed by atoms with Crippen LogP contribution in [-0.2, 0) is 9.05 Å². The average Bonchev–Trinajstić information content (AvgIpc) is 3.42. The second kappa shape index (κ2) is 9.66. The number of thiophene rings is 1. The van der Waals surface area contributed by atoms with Gasteiger partial charge in [0, 0.05) is 21.7 Å². The molecule has 1 saturated heterocycles. The normalized spacial score (nSPS) is 20.1. The summed E-state index contributed by atoms with van der Waals surface area (Å²) in [6.07, 6.45) is 0. The van der Waals surface area contributed by atoms with Gasteiger partial charge < -0.3 is 25.0 Å². The summed E-state index contributed by atoms with van der Waals surface area (Å²) < 4.78 is 11.6. The first-order valence-corrected chi connectivity index (χ1v) is 13.3. The molecule has 0 unspecified atom stereocenters. The van der Waals surface area contributed by atoms with E-state index in [0.717, 1.165) is 16.0 Å². The van der Waals surface area contributed by atoms with E-state index in [1.807, 2.05) is 72.1 Å². The molecule has 1 radical (unpaired) electrons. The minimum absolute atomic E-state index is 0.0285. The van der Waals surface area contributed by atoms with E-state index in [1.54, 1.807) is 29.5 Å². The van der Waals surface area contributed by atoms with Crippen LogP contribution in [0.3, 0.4) is 0 Å². The second-order valence-electron chi connectivity index (χ2n) is 8.00. The first-order chi connectivity index (χ1) is 16.5. The Morgan fingerprint density at radius 3 is 2.38 bits per heavy atom. The summed E-state index contributed by atoms with van der Waals surface area (Å²) in [5, 5.41) is 5.60. The molecule has 173 valence electrons. The number of amides is 1. The lowest BCUT2D eigenvalue weighted by atomic mass is 9.99. The third-order valence-electron chi connectivity index (χ3n) is 5.74. The molecule has 0 saturated carbocycles. The lowest BCUT2D eigenvalue weighted by Crippen LogP contribution is -2.27. The molecule has 6 nitrogen and oxygen atoms in total. The predicted molar refractivity (Wildman–Crippen MR) is 138 cm³/mol. The van der Waals surface area contributed by atoms with E-state index in [2.05, 4.69) is 5.32 Å². The fourth-order valence-electron chi connectivity index (χ4n) is 3.79. The van der Waals surface area contributed by atoms with Crippen LogP contribution >= 0.6 is 19.3 Å². The zero-order valence-corrected chi connectivity index (χ0v) is 20.0. The number of carbonyl (C=O) groups is 1. The number of carbonyl (C=O) groups excluding carboxylic acids is 1. The van der Waals surface area contributed by atoms with Crippen LogP contribution < -0.4 is 16.4 Å². The SMILES string of the molecule is Nc1ccc(-c2cccs2)cc1NC(=O)c1ccc(C2CO[P](O)(c3ccccc3)OC2)cc1. The van der Waals surface area contributed by atoms with E-state index < -0.39 is 7.94 Å². The maximum atomic E-state index is 12.9. The fourth-order valence-corrected chi connectivity index (χ4v) is 6.20. The van der Waals surface area contributed by atoms with Crippen LogP contribution in [0.2, 0.25) is 0 Å². The number of nitrogens with two attached hydrogens (primary N) is 1. The number of nitrogen functional groups attached to an aromatic ring is 1. The van der Waals surface area contributed by atoms with Crippen LogP contribution in [0.15, 0.2) is 90.3 Å². The van der Waals surface area contributed by atoms with Gasteiger partial charge >= 0.3 is 0 Å². The molecule has 1 aromatic heterocycles. The van der Waals surface area contributed by atoms with E-state index >= 15 is 0 Å². The maximum absolute atomic E-state index is 12.9. The molecular weight excluding hydrogens is 467 g/mol. The van der Waals surface area contributed by atoms with E-state index in [4.69, 9.17) is 14.8 Å². The van der Waals surface area contributed by atoms with Gasteiger partial charge in [0.2, 0.25) is 0 Å². The van der Waals surface area contributed by atoms with Gasteiger partial charge in [-0.15, -0.1) is 11.3 Å². The molecule has 8 heteroatoms. The molecule has 4 aromatic rings. The third kappa shape index (κ3) is 4.75. The summed E-state index contributed by atoms with van der Waals surface area (Å²) in [5.74, 6) is -0.263. The Balaban J connectivity index is 1.24. The summed E-state index contributed by atoms with van der Waals surface area (Å²) in [6.45, 7) is 0.688. The van der Waals surface area contributed by atoms with Crippen LogP contribution in [0.5, 0.6) is 0 Å². The topological polar surface area (TPSA) is 93.8 Å². The van der Waals surface area contributed by atoms with Crippen molar-refractivity contribution in [2.24, 2.45) is 0 Å². The Morgan fingerprint density at radius 2 is 1.71 bits per heavy atom. The van der Waals surface area contributed by atoms with Gasteiger partial charge in [0.25, 0.3) is 13.9 Å². The number of hydrogen-bond donors (Lipinski definition) is 3. The van der Waals surface area contributed by atoms with E-state index in [1.165, 1.54) is 0 Å². The van der Waals surface area contributed by atoms with Crippen LogP contribution in [0.4, 0.5) is 11.4 Å². The molecule has 0 bridgehead atoms. The smallest absolute Gasteiger partial charge is 0.262 e. The van der Waals surface area contributed by atoms with Crippen molar-refractivity contribution in [1.82, 2.24) is 0 Å². The lowest BCUT2D eigenvalue weighted by Gasteiger charge is -2.36. The van der Waals surface area contributed by atoms with Crippen molar-refractivity contribution in [2.75, 3.05) is 24.3 Å². The highest BCUT2D eigenvalue weighted by Gasteiger charge is 2.36. The van der Waals surface area contributed by atoms with Gasteiger partial charge in [-0.1, -0.05) is 42.5 Å². The molecule has 4 N–H and O–H groups in total. The standard InChI is InChI=1S/C26H24N2O4PS/c27-23-13-12-20(25-7-4-14-34-25)15-24(23)28-26(29)19-10-8-18(9-11-19)21-16-31-33(30,32-17-21)22-5-2-1-3-6-22/h1-15,21,30H,16-17,27H2,(H,28,29). The molecular formula is C26H24N2O4PS. The highest BCUT2D eigenvalue weighted by atomic mass is 32.1. The molecule has 1 aliphatic heterocycles. The van der Waals surface area contributed by atoms with Crippen molar-refractivity contribution in [3.05, 3.63) is 101 Å². The van der Waals surface area contributed by atoms with Crippen molar-refractivity contribution in [3.8, 4) is 10.4 Å². The van der Waals surface area contributed by atoms with Gasteiger partial charge in [0.1, 0.15) is 0 Å². The number of rotatable bonds is 5. The zero-order chi connectivity index (χ0) is 23.5. The molecule has 2 heterocycles. The molecule has 1 amide bonds. The summed E-state index contributed by atoms with van der Waals surface area (Å²) in [7, 11) is -3.04. The van der Waals surface area contributed by atoms with Crippen molar-refractivity contribution < 1.29 is 18.7 Å². The molecule has 34 heavy (non-hydrogen) atoms. The Hall–Kier alpha value is -3.06. The minimum atomic E-state index is -3.04.